The smallest absolute Gasteiger partial charge is 0.315 e. The number of benzene rings is 3. The van der Waals surface area contributed by atoms with E-state index in [0.29, 0.717) is 65.6 Å². The Labute approximate surface area is 451 Å². The van der Waals surface area contributed by atoms with Crippen LogP contribution in [0.1, 0.15) is 64.2 Å². The second-order valence-corrected chi connectivity index (χ2v) is 22.5. The molecule has 8 rings (SSSR count). The number of sulfonamides is 1. The molecule has 7 N–H and O–H groups in total. The molecule has 3 saturated heterocycles. The third-order valence-electron chi connectivity index (χ3n) is 14.3. The number of nitrogens with one attached hydrogen (secondary N) is 7. The maximum absolute atomic E-state index is 14.9. The van der Waals surface area contributed by atoms with Crippen molar-refractivity contribution in [2.45, 2.75) is 110 Å². The average Bonchev–Trinajstić information content (AvgIpc) is 3.82. The third-order valence-corrected chi connectivity index (χ3v) is 17.2. The summed E-state index contributed by atoms with van der Waals surface area (Å²) in [5.74, 6) is -2.51. The van der Waals surface area contributed by atoms with Gasteiger partial charge in [0.25, 0.3) is 15.9 Å². The SMILES string of the molecule is C=CC(=O)NC[C@H](NC(=O)CCCCCNC(=O)CCCCC1SCC2NC(=O)N[C@@H]21)C(=O)N1C[C@H](Oc2cc(-c3ccccc3)nc3cc(OC)ccc23)C[C@H]1C(=O)N[C@]1(C(=O)NS(=O)(=O)c2ccccc2)C[C@H]1C=C. The van der Waals surface area contributed by atoms with Gasteiger partial charge in [-0.3, -0.25) is 28.8 Å². The first-order valence-electron chi connectivity index (χ1n) is 25.8. The number of urea groups is 1. The van der Waals surface area contributed by atoms with Crippen molar-refractivity contribution in [2.24, 2.45) is 5.92 Å². The highest BCUT2D eigenvalue weighted by Gasteiger charge is 2.61. The molecule has 0 radical (unpaired) electrons. The van der Waals surface area contributed by atoms with Crippen molar-refractivity contribution in [1.82, 2.24) is 46.5 Å². The molecule has 77 heavy (non-hydrogen) atoms. The summed E-state index contributed by atoms with van der Waals surface area (Å²) in [7, 11) is -2.82. The van der Waals surface area contributed by atoms with E-state index in [1.807, 2.05) is 42.1 Å². The van der Waals surface area contributed by atoms with Gasteiger partial charge in [0.15, 0.2) is 0 Å². The lowest BCUT2D eigenvalue weighted by atomic mass is 10.0. The molecule has 8 amide bonds. The van der Waals surface area contributed by atoms with E-state index in [9.17, 15) is 42.0 Å². The molecule has 22 heteroatoms. The number of fused-ring (bicyclic) bond motifs is 2. The number of unbranched alkanes of at least 4 members (excludes halogenated alkanes) is 3. The largest absolute Gasteiger partial charge is 0.497 e. The first-order valence-corrected chi connectivity index (χ1v) is 28.4. The molecule has 4 aliphatic rings. The van der Waals surface area contributed by atoms with E-state index in [1.54, 1.807) is 37.4 Å². The van der Waals surface area contributed by atoms with Crippen molar-refractivity contribution in [2.75, 3.05) is 32.5 Å². The van der Waals surface area contributed by atoms with E-state index in [1.165, 1.54) is 35.2 Å². The van der Waals surface area contributed by atoms with Gasteiger partial charge in [-0.25, -0.2) is 22.9 Å². The monoisotopic (exact) mass is 1090 g/mol. The molecule has 408 valence electrons. The second-order valence-electron chi connectivity index (χ2n) is 19.6. The molecule has 4 aromatic rings. The van der Waals surface area contributed by atoms with Gasteiger partial charge >= 0.3 is 6.03 Å². The minimum absolute atomic E-state index is 0.00982. The summed E-state index contributed by atoms with van der Waals surface area (Å²) in [6, 6.07) is 21.3. The Balaban J connectivity index is 0.946. The fourth-order valence-electron chi connectivity index (χ4n) is 10.0. The van der Waals surface area contributed by atoms with Crippen LogP contribution >= 0.6 is 11.8 Å². The number of carbonyl (C=O) groups excluding carboxylic acids is 7. The minimum Gasteiger partial charge on any atom is -0.497 e. The van der Waals surface area contributed by atoms with Crippen molar-refractivity contribution < 1.29 is 51.5 Å². The van der Waals surface area contributed by atoms with Gasteiger partial charge in [-0.15, -0.1) is 6.58 Å². The van der Waals surface area contributed by atoms with Crippen LogP contribution in [0, 0.1) is 5.92 Å². The summed E-state index contributed by atoms with van der Waals surface area (Å²) in [6.07, 6.45) is 6.05. The number of carbonyl (C=O) groups is 7. The number of rotatable bonds is 26. The molecule has 1 saturated carbocycles. The number of ether oxygens (including phenoxy) is 2. The predicted octanol–water partition coefficient (Wildman–Crippen LogP) is 4.01. The normalized spacial score (nSPS) is 22.6. The zero-order chi connectivity index (χ0) is 54.7. The minimum atomic E-state index is -4.36. The van der Waals surface area contributed by atoms with Gasteiger partial charge in [-0.05, 0) is 62.4 Å². The van der Waals surface area contributed by atoms with Gasteiger partial charge < -0.3 is 46.3 Å². The Morgan fingerprint density at radius 1 is 0.909 bits per heavy atom. The Bertz CT molecular complexity index is 2990. The van der Waals surface area contributed by atoms with E-state index in [2.05, 4.69) is 49.8 Å². The number of nitrogens with zero attached hydrogens (tertiary/aromatic N) is 2. The summed E-state index contributed by atoms with van der Waals surface area (Å²) >= 11 is 1.84. The lowest BCUT2D eigenvalue weighted by Gasteiger charge is -2.30. The lowest BCUT2D eigenvalue weighted by Crippen LogP contribution is -2.59. The molecule has 4 heterocycles. The van der Waals surface area contributed by atoms with Gasteiger partial charge in [-0.1, -0.05) is 74.0 Å². The van der Waals surface area contributed by atoms with E-state index in [4.69, 9.17) is 14.5 Å². The predicted molar refractivity (Wildman–Crippen MR) is 290 cm³/mol. The summed E-state index contributed by atoms with van der Waals surface area (Å²) in [6.45, 7) is 7.17. The zero-order valence-corrected chi connectivity index (χ0v) is 44.4. The van der Waals surface area contributed by atoms with Crippen molar-refractivity contribution in [3.8, 4) is 22.8 Å². The van der Waals surface area contributed by atoms with E-state index in [-0.39, 0.29) is 61.3 Å². The van der Waals surface area contributed by atoms with Gasteiger partial charge in [0.1, 0.15) is 35.2 Å². The number of amides is 8. The number of aromatic nitrogens is 1. The Morgan fingerprint density at radius 3 is 2.38 bits per heavy atom. The van der Waals surface area contributed by atoms with Crippen LogP contribution in [0.2, 0.25) is 0 Å². The van der Waals surface area contributed by atoms with Crippen molar-refractivity contribution in [3.05, 3.63) is 110 Å². The number of hydrogen-bond donors (Lipinski definition) is 7. The highest BCUT2D eigenvalue weighted by molar-refractivity contribution is 8.00. The summed E-state index contributed by atoms with van der Waals surface area (Å²) in [5.41, 5.74) is 0.188. The van der Waals surface area contributed by atoms with E-state index >= 15 is 0 Å². The average molecular weight is 1090 g/mol. The molecular weight excluding hydrogens is 1030 g/mol. The van der Waals surface area contributed by atoms with Crippen molar-refractivity contribution >= 4 is 74.2 Å². The van der Waals surface area contributed by atoms with Crippen LogP contribution in [0.15, 0.2) is 115 Å². The van der Waals surface area contributed by atoms with Crippen LogP contribution < -0.4 is 46.1 Å². The van der Waals surface area contributed by atoms with Crippen molar-refractivity contribution in [1.29, 1.82) is 0 Å². The maximum atomic E-state index is 14.9. The highest BCUT2D eigenvalue weighted by Crippen LogP contribution is 2.45. The molecule has 2 unspecified atom stereocenters. The Hall–Kier alpha value is -7.46. The molecule has 3 aliphatic heterocycles. The number of thioether (sulfide) groups is 1. The van der Waals surface area contributed by atoms with Gasteiger partial charge in [0.2, 0.25) is 29.5 Å². The first-order chi connectivity index (χ1) is 37.1. The first kappa shape index (κ1) is 55.8. The number of pyridine rings is 1. The van der Waals surface area contributed by atoms with Crippen LogP contribution in [0.5, 0.6) is 11.5 Å². The van der Waals surface area contributed by atoms with E-state index in [0.717, 1.165) is 36.7 Å². The molecule has 1 aromatic heterocycles. The van der Waals surface area contributed by atoms with Crippen LogP contribution in [-0.4, -0.2) is 133 Å². The second kappa shape index (κ2) is 25.1. The number of likely N-dealkylation sites (tertiary alicyclic amines) is 1. The summed E-state index contributed by atoms with van der Waals surface area (Å²) in [4.78, 5) is 100. The molecule has 0 spiro atoms. The molecule has 3 aromatic carbocycles. The third kappa shape index (κ3) is 13.8. The quantitative estimate of drug-likeness (QED) is 0.0203. The fraction of sp³-hybridized carbons (Fsp3) is 0.418. The number of methoxy groups -OCH3 is 1. The van der Waals surface area contributed by atoms with Crippen LogP contribution in [0.25, 0.3) is 22.2 Å². The van der Waals surface area contributed by atoms with Crippen LogP contribution in [-0.2, 0) is 38.8 Å². The lowest BCUT2D eigenvalue weighted by molar-refractivity contribution is -0.142. The number of hydrogen-bond acceptors (Lipinski definition) is 13. The highest BCUT2D eigenvalue weighted by atomic mass is 32.2. The van der Waals surface area contributed by atoms with Crippen LogP contribution in [0.3, 0.4) is 0 Å². The molecule has 20 nitrogen and oxygen atoms in total. The summed E-state index contributed by atoms with van der Waals surface area (Å²) in [5, 5.41) is 17.9. The van der Waals surface area contributed by atoms with Gasteiger partial charge in [0, 0.05) is 72.4 Å². The van der Waals surface area contributed by atoms with Crippen molar-refractivity contribution in [3.63, 3.8) is 0 Å². The molecule has 8 atom stereocenters. The Morgan fingerprint density at radius 2 is 1.65 bits per heavy atom. The topological polar surface area (TPSA) is 272 Å². The van der Waals surface area contributed by atoms with Gasteiger partial charge in [-0.2, -0.15) is 11.8 Å². The fourth-order valence-corrected chi connectivity index (χ4v) is 12.6. The van der Waals surface area contributed by atoms with E-state index < -0.39 is 69.2 Å². The van der Waals surface area contributed by atoms with Gasteiger partial charge in [0.05, 0.1) is 41.8 Å². The van der Waals surface area contributed by atoms with Crippen LogP contribution in [0.4, 0.5) is 4.79 Å². The molecule has 1 aliphatic carbocycles. The Kier molecular flexibility index (Phi) is 18.2. The maximum Gasteiger partial charge on any atom is 0.315 e. The zero-order valence-electron chi connectivity index (χ0n) is 42.8. The summed E-state index contributed by atoms with van der Waals surface area (Å²) < 4.78 is 41.0. The molecule has 0 bridgehead atoms. The standard InChI is InChI=1S/C55H65N9O11S2/c1-4-35-30-55(35,53(70)63-77(72,73)38-19-11-7-12-20-38)62-51(68)44-28-37(75-45-29-40(34-17-9-6-10-18-34)58-41-27-36(74-3)24-25-39(41)45)32-64(44)52(69)42(31-57-47(65)5-2)59-49(67)23-13-8-16-26-56-48(66)22-15-14-21-46-50-43(33-76-46)60-54(71)61-50/h4-7,9-12,17-20,24-25,27,29,35,37,42-44,46,50H,1-2,8,13-16,21-23,26,28,30-33H2,3H3,(H,56,66)(H,57,65)(H,59,67)(H,62,68)(H,63,70)(H2,60,61,71)/t35-,37-,42+,43?,44+,46?,50+,55-/m1/s1. The molecular formula is C55H65N9O11S2. The molecule has 4 fully saturated rings.